The Balaban J connectivity index is 1.50. The molecule has 8 heteroatoms. The molecule has 4 aromatic rings. The number of imidazole rings is 1. The van der Waals surface area contributed by atoms with Gasteiger partial charge in [0.2, 0.25) is 5.95 Å². The molecule has 0 unspecified atom stereocenters. The van der Waals surface area contributed by atoms with E-state index in [4.69, 9.17) is 0 Å². The highest BCUT2D eigenvalue weighted by Gasteiger charge is 2.32. The van der Waals surface area contributed by atoms with Crippen LogP contribution in [0.4, 0.5) is 19.1 Å². The average molecular weight is 409 g/mol. The number of nitrogens with zero attached hydrogens (tertiary/aromatic N) is 4. The van der Waals surface area contributed by atoms with Crippen LogP contribution in [0.5, 0.6) is 0 Å². The Labute approximate surface area is 171 Å². The number of aromatic nitrogens is 4. The fraction of sp³-hybridized carbons (Fsp3) is 0.136. The van der Waals surface area contributed by atoms with Crippen molar-refractivity contribution in [3.8, 4) is 11.1 Å². The first kappa shape index (κ1) is 19.6. The van der Waals surface area contributed by atoms with Crippen molar-refractivity contribution in [2.75, 3.05) is 5.32 Å². The van der Waals surface area contributed by atoms with Gasteiger partial charge >= 0.3 is 6.18 Å². The Kier molecular flexibility index (Phi) is 5.47. The minimum absolute atomic E-state index is 0.0599. The van der Waals surface area contributed by atoms with Gasteiger partial charge in [-0.15, -0.1) is 0 Å². The van der Waals surface area contributed by atoms with Crippen LogP contribution in [0.2, 0.25) is 0 Å². The molecule has 2 aromatic heterocycles. The summed E-state index contributed by atoms with van der Waals surface area (Å²) >= 11 is 0. The zero-order valence-electron chi connectivity index (χ0n) is 15.8. The van der Waals surface area contributed by atoms with Gasteiger partial charge in [-0.2, -0.15) is 13.2 Å². The maximum atomic E-state index is 12.8. The average Bonchev–Trinajstić information content (AvgIpc) is 3.26. The fourth-order valence-electron chi connectivity index (χ4n) is 3.11. The largest absolute Gasteiger partial charge is 0.433 e. The molecule has 0 bridgehead atoms. The van der Waals surface area contributed by atoms with E-state index in [0.717, 1.165) is 41.1 Å². The van der Waals surface area contributed by atoms with E-state index in [2.05, 4.69) is 32.4 Å². The van der Waals surface area contributed by atoms with Crippen LogP contribution in [-0.4, -0.2) is 19.5 Å². The zero-order valence-corrected chi connectivity index (χ0v) is 15.8. The summed E-state index contributed by atoms with van der Waals surface area (Å²) in [4.78, 5) is 11.5. The second kappa shape index (κ2) is 8.36. The van der Waals surface area contributed by atoms with Crippen LogP contribution in [0, 0.1) is 0 Å². The molecule has 30 heavy (non-hydrogen) atoms. The monoisotopic (exact) mass is 409 g/mol. The summed E-state index contributed by atoms with van der Waals surface area (Å²) in [7, 11) is 0. The summed E-state index contributed by atoms with van der Waals surface area (Å²) in [6.45, 7) is 1.03. The number of hydrogen-bond acceptors (Lipinski definition) is 4. The highest BCUT2D eigenvalue weighted by molar-refractivity contribution is 5.68. The zero-order chi connectivity index (χ0) is 21.0. The lowest BCUT2D eigenvalue weighted by molar-refractivity contribution is -0.141. The van der Waals surface area contributed by atoms with E-state index < -0.39 is 11.9 Å². The fourth-order valence-corrected chi connectivity index (χ4v) is 3.11. The molecule has 0 amide bonds. The number of benzene rings is 2. The van der Waals surface area contributed by atoms with E-state index >= 15 is 0 Å². The van der Waals surface area contributed by atoms with E-state index in [1.165, 1.54) is 0 Å². The van der Waals surface area contributed by atoms with Gasteiger partial charge in [0, 0.05) is 31.7 Å². The van der Waals surface area contributed by atoms with E-state index in [1.54, 1.807) is 12.5 Å². The van der Waals surface area contributed by atoms with Gasteiger partial charge in [-0.05, 0) is 28.3 Å². The van der Waals surface area contributed by atoms with Crippen LogP contribution in [-0.2, 0) is 19.3 Å². The van der Waals surface area contributed by atoms with Crippen molar-refractivity contribution in [3.63, 3.8) is 0 Å². The molecule has 0 aliphatic rings. The highest BCUT2D eigenvalue weighted by Crippen LogP contribution is 2.28. The topological polar surface area (TPSA) is 55.6 Å². The van der Waals surface area contributed by atoms with E-state index in [-0.39, 0.29) is 5.95 Å². The van der Waals surface area contributed by atoms with E-state index in [0.29, 0.717) is 6.54 Å². The third-order valence-corrected chi connectivity index (χ3v) is 4.59. The van der Waals surface area contributed by atoms with Crippen LogP contribution in [0.1, 0.15) is 16.8 Å². The molecule has 0 radical (unpaired) electrons. The molecule has 0 saturated carbocycles. The number of halogens is 3. The molecule has 0 atom stereocenters. The summed E-state index contributed by atoms with van der Waals surface area (Å²) in [6, 6.07) is 16.7. The smallest absolute Gasteiger partial charge is 0.350 e. The van der Waals surface area contributed by atoms with Crippen molar-refractivity contribution in [3.05, 3.63) is 96.3 Å². The third-order valence-electron chi connectivity index (χ3n) is 4.59. The van der Waals surface area contributed by atoms with Gasteiger partial charge in [0.15, 0.2) is 0 Å². The van der Waals surface area contributed by atoms with Crippen molar-refractivity contribution >= 4 is 5.95 Å². The first-order valence-electron chi connectivity index (χ1n) is 9.26. The minimum Gasteiger partial charge on any atom is -0.350 e. The van der Waals surface area contributed by atoms with Gasteiger partial charge in [-0.1, -0.05) is 48.5 Å². The van der Waals surface area contributed by atoms with Crippen molar-refractivity contribution < 1.29 is 13.2 Å². The van der Waals surface area contributed by atoms with Crippen LogP contribution in [0.25, 0.3) is 11.1 Å². The van der Waals surface area contributed by atoms with Crippen LogP contribution in [0.3, 0.4) is 0 Å². The number of rotatable bonds is 6. The number of hydrogen-bond donors (Lipinski definition) is 1. The van der Waals surface area contributed by atoms with Crippen LogP contribution >= 0.6 is 0 Å². The Morgan fingerprint density at radius 2 is 1.73 bits per heavy atom. The normalized spacial score (nSPS) is 11.4. The lowest BCUT2D eigenvalue weighted by Gasteiger charge is -2.12. The van der Waals surface area contributed by atoms with Gasteiger partial charge in [-0.25, -0.2) is 15.0 Å². The molecule has 0 saturated heterocycles. The van der Waals surface area contributed by atoms with Crippen molar-refractivity contribution in [1.82, 2.24) is 19.5 Å². The molecule has 0 aliphatic heterocycles. The standard InChI is InChI=1S/C22H18F3N5/c23-22(24,25)20-9-10-27-21(29-20)28-13-18-3-1-2-4-19(18)17-7-5-16(6-8-17)14-30-12-11-26-15-30/h1-12,15H,13-14H2,(H,27,28,29). The predicted octanol–water partition coefficient (Wildman–Crippen LogP) is 5.02. The maximum absolute atomic E-state index is 12.8. The minimum atomic E-state index is -4.50. The summed E-state index contributed by atoms with van der Waals surface area (Å²) in [5.41, 5.74) is 3.12. The summed E-state index contributed by atoms with van der Waals surface area (Å²) in [5, 5.41) is 2.89. The van der Waals surface area contributed by atoms with E-state index in [9.17, 15) is 13.2 Å². The first-order valence-corrected chi connectivity index (χ1v) is 9.26. The van der Waals surface area contributed by atoms with E-state index in [1.807, 2.05) is 47.2 Å². The molecule has 0 fully saturated rings. The molecule has 2 heterocycles. The van der Waals surface area contributed by atoms with Crippen molar-refractivity contribution in [2.45, 2.75) is 19.3 Å². The quantitative estimate of drug-likeness (QED) is 0.486. The summed E-state index contributed by atoms with van der Waals surface area (Å²) in [5.74, 6) is -0.0599. The second-order valence-electron chi connectivity index (χ2n) is 6.71. The molecular formula is C22H18F3N5. The number of alkyl halides is 3. The lowest BCUT2D eigenvalue weighted by Crippen LogP contribution is -2.11. The number of nitrogens with one attached hydrogen (secondary N) is 1. The number of anilines is 1. The van der Waals surface area contributed by atoms with Gasteiger partial charge in [-0.3, -0.25) is 0 Å². The molecule has 0 spiro atoms. The van der Waals surface area contributed by atoms with Gasteiger partial charge in [0.1, 0.15) is 5.69 Å². The van der Waals surface area contributed by atoms with Crippen LogP contribution < -0.4 is 5.32 Å². The maximum Gasteiger partial charge on any atom is 0.433 e. The SMILES string of the molecule is FC(F)(F)c1ccnc(NCc2ccccc2-c2ccc(Cn3ccnc3)cc2)n1. The van der Waals surface area contributed by atoms with Crippen molar-refractivity contribution in [1.29, 1.82) is 0 Å². The Morgan fingerprint density at radius 3 is 2.47 bits per heavy atom. The Morgan fingerprint density at radius 1 is 0.933 bits per heavy atom. The van der Waals surface area contributed by atoms with Gasteiger partial charge in [0.05, 0.1) is 6.33 Å². The summed E-state index contributed by atoms with van der Waals surface area (Å²) < 4.78 is 40.5. The Hall–Kier alpha value is -3.68. The van der Waals surface area contributed by atoms with Crippen LogP contribution in [0.15, 0.2) is 79.5 Å². The molecule has 2 aromatic carbocycles. The molecule has 5 nitrogen and oxygen atoms in total. The Bertz CT molecular complexity index is 1110. The molecule has 1 N–H and O–H groups in total. The third kappa shape index (κ3) is 4.65. The highest BCUT2D eigenvalue weighted by atomic mass is 19.4. The van der Waals surface area contributed by atoms with Crippen molar-refractivity contribution in [2.24, 2.45) is 0 Å². The first-order chi connectivity index (χ1) is 14.5. The predicted molar refractivity (Wildman–Crippen MR) is 108 cm³/mol. The van der Waals surface area contributed by atoms with Gasteiger partial charge in [0.25, 0.3) is 0 Å². The molecule has 0 aliphatic carbocycles. The lowest BCUT2D eigenvalue weighted by atomic mass is 9.98. The summed E-state index contributed by atoms with van der Waals surface area (Å²) in [6.07, 6.45) is 2.01. The molecular weight excluding hydrogens is 391 g/mol. The molecule has 4 rings (SSSR count). The second-order valence-corrected chi connectivity index (χ2v) is 6.71. The van der Waals surface area contributed by atoms with Gasteiger partial charge < -0.3 is 9.88 Å². The molecule has 152 valence electrons.